The van der Waals surface area contributed by atoms with E-state index in [0.29, 0.717) is 32.8 Å². The number of piperazine rings is 1. The zero-order valence-electron chi connectivity index (χ0n) is 14.9. The van der Waals surface area contributed by atoms with E-state index in [-0.39, 0.29) is 21.6 Å². The van der Waals surface area contributed by atoms with Crippen LogP contribution in [0.2, 0.25) is 0 Å². The lowest BCUT2D eigenvalue weighted by molar-refractivity contribution is 0.196. The number of rotatable bonds is 7. The molecule has 0 aromatic carbocycles. The summed E-state index contributed by atoms with van der Waals surface area (Å²) in [7, 11) is -3.80. The summed E-state index contributed by atoms with van der Waals surface area (Å²) in [6.07, 6.45) is 0. The lowest BCUT2D eigenvalue weighted by Gasteiger charge is -2.32. The first-order valence-corrected chi connectivity index (χ1v) is 11.8. The van der Waals surface area contributed by atoms with Gasteiger partial charge in [0.1, 0.15) is 0 Å². The van der Waals surface area contributed by atoms with E-state index in [1.54, 1.807) is 6.92 Å². The van der Waals surface area contributed by atoms with Gasteiger partial charge in [-0.25, -0.2) is 8.42 Å². The van der Waals surface area contributed by atoms with E-state index in [1.807, 2.05) is 6.92 Å². The summed E-state index contributed by atoms with van der Waals surface area (Å²) in [6.45, 7) is 7.02. The highest BCUT2D eigenvalue weighted by Gasteiger charge is 2.33. The summed E-state index contributed by atoms with van der Waals surface area (Å²) in [4.78, 5) is 2.17. The maximum absolute atomic E-state index is 12.9. The van der Waals surface area contributed by atoms with Crippen LogP contribution < -0.4 is 10.1 Å². The van der Waals surface area contributed by atoms with Gasteiger partial charge in [-0.1, -0.05) is 6.92 Å². The first kappa shape index (κ1) is 20.2. The van der Waals surface area contributed by atoms with Crippen LogP contribution in [0.4, 0.5) is 11.5 Å². The van der Waals surface area contributed by atoms with Crippen LogP contribution in [-0.4, -0.2) is 75.4 Å². The molecule has 2 N–H and O–H groups in total. The highest BCUT2D eigenvalue weighted by molar-refractivity contribution is 7.91. The van der Waals surface area contributed by atoms with Gasteiger partial charge in [-0.3, -0.25) is 0 Å². The molecule has 10 nitrogen and oxygen atoms in total. The molecule has 1 aliphatic rings. The largest absolute Gasteiger partial charge is 0.546 e. The molecule has 13 heteroatoms. The molecular formula is C14H21N5O5S3. The van der Waals surface area contributed by atoms with Crippen LogP contribution >= 0.6 is 22.5 Å². The third kappa shape index (κ3) is 4.17. The van der Waals surface area contributed by atoms with Crippen molar-refractivity contribution in [1.29, 1.82) is 0 Å². The van der Waals surface area contributed by atoms with Crippen molar-refractivity contribution in [3.8, 4) is 11.6 Å². The minimum absolute atomic E-state index is 0.0570. The summed E-state index contributed by atoms with van der Waals surface area (Å²) in [5, 5.41) is 14.7. The van der Waals surface area contributed by atoms with E-state index in [0.717, 1.165) is 17.9 Å². The molecular weight excluding hydrogens is 414 g/mol. The molecule has 3 rings (SSSR count). The van der Waals surface area contributed by atoms with Gasteiger partial charge in [-0.15, -0.1) is 11.3 Å². The Morgan fingerprint density at radius 1 is 1.33 bits per heavy atom. The monoisotopic (exact) mass is 435 g/mol. The molecule has 1 saturated heterocycles. The third-order valence-electron chi connectivity index (χ3n) is 4.15. The van der Waals surface area contributed by atoms with Crippen molar-refractivity contribution in [2.24, 2.45) is 0 Å². The first-order chi connectivity index (χ1) is 12.9. The number of ether oxygens (including phenoxy) is 1. The number of anilines is 2. The van der Waals surface area contributed by atoms with Crippen LogP contribution in [0.5, 0.6) is 11.6 Å². The van der Waals surface area contributed by atoms with E-state index in [4.69, 9.17) is 4.74 Å². The number of thiophene rings is 1. The van der Waals surface area contributed by atoms with Crippen LogP contribution in [0.25, 0.3) is 0 Å². The van der Waals surface area contributed by atoms with Crippen LogP contribution in [0, 0.1) is 0 Å². The van der Waals surface area contributed by atoms with Crippen LogP contribution in [-0.2, 0) is 10.0 Å². The molecule has 1 fully saturated rings. The minimum Gasteiger partial charge on any atom is -0.546 e. The van der Waals surface area contributed by atoms with Crippen molar-refractivity contribution in [2.45, 2.75) is 18.1 Å². The second-order valence-corrected chi connectivity index (χ2v) is 9.59. The maximum Gasteiger partial charge on any atom is 0.318 e. The molecule has 27 heavy (non-hydrogen) atoms. The highest BCUT2D eigenvalue weighted by Crippen LogP contribution is 2.41. The van der Waals surface area contributed by atoms with E-state index in [9.17, 15) is 18.1 Å². The Kier molecular flexibility index (Phi) is 6.18. The SMILES string of the molecule is CCOc1n[s+]([O-])nc1Nc1csc(S(=O)(=O)N2CCN(CC)CC2)c1O. The number of hydrogen-bond acceptors (Lipinski definition) is 10. The summed E-state index contributed by atoms with van der Waals surface area (Å²) in [6, 6.07) is 0. The molecule has 2 aromatic rings. The Morgan fingerprint density at radius 2 is 2.04 bits per heavy atom. The quantitative estimate of drug-likeness (QED) is 0.620. The topological polar surface area (TPSA) is 131 Å². The first-order valence-electron chi connectivity index (χ1n) is 8.39. The number of aromatic nitrogens is 2. The molecule has 150 valence electrons. The Hall–Kier alpha value is -1.51. The Balaban J connectivity index is 1.81. The van der Waals surface area contributed by atoms with Gasteiger partial charge in [0.25, 0.3) is 15.8 Å². The second-order valence-electron chi connectivity index (χ2n) is 5.75. The number of nitrogens with one attached hydrogen (secondary N) is 1. The molecule has 1 unspecified atom stereocenters. The predicted octanol–water partition coefficient (Wildman–Crippen LogP) is 1.44. The van der Waals surface area contributed by atoms with E-state index in [1.165, 1.54) is 9.69 Å². The highest BCUT2D eigenvalue weighted by atomic mass is 32.2. The molecule has 1 atom stereocenters. The zero-order valence-corrected chi connectivity index (χ0v) is 17.4. The number of aromatic hydroxyl groups is 1. The molecule has 0 amide bonds. The van der Waals surface area contributed by atoms with Crippen LogP contribution in [0.3, 0.4) is 0 Å². The molecule has 2 aromatic heterocycles. The Morgan fingerprint density at radius 3 is 2.67 bits per heavy atom. The Bertz CT molecular complexity index is 889. The second kappa shape index (κ2) is 8.24. The van der Waals surface area contributed by atoms with Crippen molar-refractivity contribution in [3.05, 3.63) is 5.38 Å². The molecule has 0 bridgehead atoms. The van der Waals surface area contributed by atoms with Crippen molar-refractivity contribution in [1.82, 2.24) is 18.0 Å². The third-order valence-corrected chi connectivity index (χ3v) is 8.20. The summed E-state index contributed by atoms with van der Waals surface area (Å²) in [5.74, 6) is -0.250. The maximum atomic E-state index is 12.9. The van der Waals surface area contributed by atoms with Crippen molar-refractivity contribution >= 4 is 44.0 Å². The van der Waals surface area contributed by atoms with Gasteiger partial charge >= 0.3 is 5.88 Å². The minimum atomic E-state index is -3.80. The number of likely N-dealkylation sites (N-methyl/N-ethyl adjacent to an activating group) is 1. The van der Waals surface area contributed by atoms with Crippen LogP contribution in [0.15, 0.2) is 9.59 Å². The molecule has 0 aliphatic carbocycles. The fourth-order valence-corrected chi connectivity index (χ4v) is 6.09. The molecule has 1 aliphatic heterocycles. The number of nitrogens with zero attached hydrogens (tertiary/aromatic N) is 4. The van der Waals surface area contributed by atoms with Gasteiger partial charge in [0.2, 0.25) is 0 Å². The number of hydrogen-bond donors (Lipinski definition) is 2. The van der Waals surface area contributed by atoms with E-state index < -0.39 is 26.9 Å². The van der Waals surface area contributed by atoms with Gasteiger partial charge in [0, 0.05) is 40.3 Å². The average molecular weight is 436 g/mol. The molecule has 0 saturated carbocycles. The number of sulfonamides is 1. The zero-order chi connectivity index (χ0) is 19.6. The normalized spacial score (nSPS) is 17.2. The van der Waals surface area contributed by atoms with Gasteiger partial charge in [0.15, 0.2) is 21.1 Å². The predicted molar refractivity (Wildman–Crippen MR) is 102 cm³/mol. The van der Waals surface area contributed by atoms with Crippen molar-refractivity contribution in [2.75, 3.05) is 44.6 Å². The van der Waals surface area contributed by atoms with E-state index >= 15 is 0 Å². The molecule has 3 heterocycles. The average Bonchev–Trinajstić information content (AvgIpc) is 3.18. The fraction of sp³-hybridized carbons (Fsp3) is 0.571. The summed E-state index contributed by atoms with van der Waals surface area (Å²) < 4.78 is 51.2. The summed E-state index contributed by atoms with van der Waals surface area (Å²) in [5.41, 5.74) is 0.149. The lowest BCUT2D eigenvalue weighted by atomic mass is 10.4. The lowest BCUT2D eigenvalue weighted by Crippen LogP contribution is -2.48. The van der Waals surface area contributed by atoms with Crippen molar-refractivity contribution in [3.63, 3.8) is 0 Å². The Labute approximate surface area is 164 Å². The van der Waals surface area contributed by atoms with Gasteiger partial charge in [0.05, 0.1) is 12.3 Å². The van der Waals surface area contributed by atoms with Crippen LogP contribution in [0.1, 0.15) is 13.8 Å². The standard InChI is InChI=1S/C14H21N5O5S3/c1-3-18-5-7-19(8-6-18)27(22,23)14-11(20)10(9-25-14)15-12-13(24-4-2)17-26(21)16-12/h9,20H,3-8H2,1-2H3,(H,15,16). The van der Waals surface area contributed by atoms with Crippen molar-refractivity contribution < 1.29 is 22.8 Å². The smallest absolute Gasteiger partial charge is 0.318 e. The van der Waals surface area contributed by atoms with Gasteiger partial charge < -0.3 is 24.6 Å². The molecule has 0 spiro atoms. The van der Waals surface area contributed by atoms with Gasteiger partial charge in [-0.2, -0.15) is 4.31 Å². The molecule has 0 radical (unpaired) electrons. The fourth-order valence-electron chi connectivity index (χ4n) is 2.70. The summed E-state index contributed by atoms with van der Waals surface area (Å²) >= 11 is -0.889. The van der Waals surface area contributed by atoms with Gasteiger partial charge in [-0.05, 0) is 13.5 Å². The van der Waals surface area contributed by atoms with E-state index in [2.05, 4.69) is 19.0 Å².